The third kappa shape index (κ3) is 4.98. The summed E-state index contributed by atoms with van der Waals surface area (Å²) >= 11 is 0. The van der Waals surface area contributed by atoms with Crippen molar-refractivity contribution in [2.24, 2.45) is 0 Å². The molecule has 0 radical (unpaired) electrons. The van der Waals surface area contributed by atoms with Gasteiger partial charge in [-0.2, -0.15) is 0 Å². The van der Waals surface area contributed by atoms with Crippen LogP contribution in [0.1, 0.15) is 45.4 Å². The number of unbranched alkanes of at least 4 members (excludes halogenated alkanes) is 5. The van der Waals surface area contributed by atoms with Gasteiger partial charge in [-0.15, -0.1) is 0 Å². The van der Waals surface area contributed by atoms with E-state index in [-0.39, 0.29) is 0 Å². The molecule has 0 fully saturated rings. The van der Waals surface area contributed by atoms with Crippen molar-refractivity contribution >= 4 is 5.69 Å². The van der Waals surface area contributed by atoms with Crippen molar-refractivity contribution in [2.45, 2.75) is 45.4 Å². The van der Waals surface area contributed by atoms with Crippen LogP contribution in [0.15, 0.2) is 12.1 Å². The summed E-state index contributed by atoms with van der Waals surface area (Å²) in [6.45, 7) is 2.82. The molecule has 0 unspecified atom stereocenters. The molecular weight excluding hydrogens is 239 g/mol. The van der Waals surface area contributed by atoms with Crippen LogP contribution < -0.4 is 5.32 Å². The van der Waals surface area contributed by atoms with Crippen LogP contribution in [0.5, 0.6) is 0 Å². The van der Waals surface area contributed by atoms with E-state index >= 15 is 0 Å². The van der Waals surface area contributed by atoms with Gasteiger partial charge >= 0.3 is 0 Å². The van der Waals surface area contributed by atoms with E-state index in [2.05, 4.69) is 12.2 Å². The standard InChI is InChI=1S/C14H20F3N/c1-2-3-4-5-6-7-8-18-11-9-12(15)14(17)13(16)10-11/h9-10,18H,2-8H2,1H3. The van der Waals surface area contributed by atoms with Crippen LogP contribution in [-0.4, -0.2) is 6.54 Å². The van der Waals surface area contributed by atoms with Crippen molar-refractivity contribution in [3.63, 3.8) is 0 Å². The number of anilines is 1. The Hall–Kier alpha value is -1.19. The Morgan fingerprint density at radius 3 is 2.06 bits per heavy atom. The Kier molecular flexibility index (Phi) is 6.61. The monoisotopic (exact) mass is 259 g/mol. The predicted molar refractivity (Wildman–Crippen MR) is 68.2 cm³/mol. The van der Waals surface area contributed by atoms with Crippen LogP contribution in [0.2, 0.25) is 0 Å². The maximum absolute atomic E-state index is 12.9. The number of halogens is 3. The summed E-state index contributed by atoms with van der Waals surface area (Å²) in [5, 5.41) is 2.90. The topological polar surface area (TPSA) is 12.0 Å². The summed E-state index contributed by atoms with van der Waals surface area (Å²) in [5.41, 5.74) is 0.292. The van der Waals surface area contributed by atoms with Crippen molar-refractivity contribution in [2.75, 3.05) is 11.9 Å². The Morgan fingerprint density at radius 1 is 0.889 bits per heavy atom. The zero-order valence-corrected chi connectivity index (χ0v) is 10.7. The average molecular weight is 259 g/mol. The highest BCUT2D eigenvalue weighted by molar-refractivity contribution is 5.43. The lowest BCUT2D eigenvalue weighted by Gasteiger charge is -2.07. The molecule has 0 aliphatic carbocycles. The third-order valence-electron chi connectivity index (χ3n) is 2.84. The molecular formula is C14H20F3N. The minimum Gasteiger partial charge on any atom is -0.385 e. The highest BCUT2D eigenvalue weighted by Gasteiger charge is 2.09. The average Bonchev–Trinajstić information content (AvgIpc) is 2.34. The second-order valence-corrected chi connectivity index (χ2v) is 4.45. The van der Waals surface area contributed by atoms with Gasteiger partial charge in [0.25, 0.3) is 0 Å². The van der Waals surface area contributed by atoms with Gasteiger partial charge in [0.1, 0.15) is 0 Å². The minimum absolute atomic E-state index is 0.292. The first-order valence-electron chi connectivity index (χ1n) is 6.53. The fourth-order valence-electron chi connectivity index (χ4n) is 1.80. The molecule has 0 bridgehead atoms. The molecule has 1 aromatic carbocycles. The van der Waals surface area contributed by atoms with Gasteiger partial charge in [-0.25, -0.2) is 13.2 Å². The second kappa shape index (κ2) is 8.01. The first kappa shape index (κ1) is 14.9. The van der Waals surface area contributed by atoms with E-state index in [1.807, 2.05) is 0 Å². The Balaban J connectivity index is 2.23. The highest BCUT2D eigenvalue weighted by atomic mass is 19.2. The largest absolute Gasteiger partial charge is 0.385 e. The SMILES string of the molecule is CCCCCCCCNc1cc(F)c(F)c(F)c1. The van der Waals surface area contributed by atoms with Gasteiger partial charge in [0.15, 0.2) is 17.5 Å². The molecule has 0 aliphatic heterocycles. The van der Waals surface area contributed by atoms with Gasteiger partial charge < -0.3 is 5.32 Å². The summed E-state index contributed by atoms with van der Waals surface area (Å²) < 4.78 is 38.5. The summed E-state index contributed by atoms with van der Waals surface area (Å²) in [7, 11) is 0. The molecule has 0 saturated heterocycles. The second-order valence-electron chi connectivity index (χ2n) is 4.45. The lowest BCUT2D eigenvalue weighted by atomic mass is 10.1. The van der Waals surface area contributed by atoms with Crippen molar-refractivity contribution in [1.29, 1.82) is 0 Å². The molecule has 0 spiro atoms. The number of hydrogen-bond acceptors (Lipinski definition) is 1. The first-order chi connectivity index (χ1) is 8.65. The molecule has 0 amide bonds. The number of rotatable bonds is 8. The maximum Gasteiger partial charge on any atom is 0.194 e. The molecule has 1 nitrogen and oxygen atoms in total. The van der Waals surface area contributed by atoms with Gasteiger partial charge in [-0.05, 0) is 6.42 Å². The van der Waals surface area contributed by atoms with E-state index in [4.69, 9.17) is 0 Å². The van der Waals surface area contributed by atoms with Crippen molar-refractivity contribution in [1.82, 2.24) is 0 Å². The van der Waals surface area contributed by atoms with E-state index in [0.717, 1.165) is 25.0 Å². The van der Waals surface area contributed by atoms with Gasteiger partial charge in [0, 0.05) is 24.4 Å². The van der Waals surface area contributed by atoms with Gasteiger partial charge in [-0.3, -0.25) is 0 Å². The van der Waals surface area contributed by atoms with Crippen molar-refractivity contribution < 1.29 is 13.2 Å². The molecule has 0 aromatic heterocycles. The van der Waals surface area contributed by atoms with E-state index < -0.39 is 17.5 Å². The zero-order valence-electron chi connectivity index (χ0n) is 10.7. The van der Waals surface area contributed by atoms with Gasteiger partial charge in [-0.1, -0.05) is 39.0 Å². The summed E-state index contributed by atoms with van der Waals surface area (Å²) in [4.78, 5) is 0. The molecule has 0 atom stereocenters. The zero-order chi connectivity index (χ0) is 13.4. The van der Waals surface area contributed by atoms with E-state index in [1.54, 1.807) is 0 Å². The number of hydrogen-bond donors (Lipinski definition) is 1. The van der Waals surface area contributed by atoms with Crippen LogP contribution in [-0.2, 0) is 0 Å². The minimum atomic E-state index is -1.42. The van der Waals surface area contributed by atoms with Crippen molar-refractivity contribution in [3.8, 4) is 0 Å². The van der Waals surface area contributed by atoms with E-state index in [1.165, 1.54) is 25.7 Å². The molecule has 0 aliphatic rings. The molecule has 102 valence electrons. The molecule has 0 heterocycles. The van der Waals surface area contributed by atoms with Crippen LogP contribution in [0.25, 0.3) is 0 Å². The lowest BCUT2D eigenvalue weighted by Crippen LogP contribution is -2.03. The Morgan fingerprint density at radius 2 is 1.44 bits per heavy atom. The summed E-state index contributed by atoms with van der Waals surface area (Å²) in [6.07, 6.45) is 6.93. The van der Waals surface area contributed by atoms with Crippen LogP contribution >= 0.6 is 0 Å². The van der Waals surface area contributed by atoms with Crippen LogP contribution in [0.3, 0.4) is 0 Å². The number of nitrogens with one attached hydrogen (secondary N) is 1. The molecule has 1 rings (SSSR count). The van der Waals surface area contributed by atoms with Crippen molar-refractivity contribution in [3.05, 3.63) is 29.6 Å². The first-order valence-corrected chi connectivity index (χ1v) is 6.53. The van der Waals surface area contributed by atoms with Crippen LogP contribution in [0, 0.1) is 17.5 Å². The normalized spacial score (nSPS) is 10.7. The Bertz CT molecular complexity index is 343. The fourth-order valence-corrected chi connectivity index (χ4v) is 1.80. The van der Waals surface area contributed by atoms with E-state index in [0.29, 0.717) is 12.2 Å². The Labute approximate surface area is 106 Å². The van der Waals surface area contributed by atoms with E-state index in [9.17, 15) is 13.2 Å². The lowest BCUT2D eigenvalue weighted by molar-refractivity contribution is 0.447. The van der Waals surface area contributed by atoms with Gasteiger partial charge in [0.05, 0.1) is 0 Å². The summed E-state index contributed by atoms with van der Waals surface area (Å²) in [6, 6.07) is 1.96. The third-order valence-corrected chi connectivity index (χ3v) is 2.84. The maximum atomic E-state index is 12.9. The number of benzene rings is 1. The molecule has 4 heteroatoms. The smallest absolute Gasteiger partial charge is 0.194 e. The predicted octanol–water partition coefficient (Wildman–Crippen LogP) is 4.88. The highest BCUT2D eigenvalue weighted by Crippen LogP contribution is 2.17. The quantitative estimate of drug-likeness (QED) is 0.518. The fraction of sp³-hybridized carbons (Fsp3) is 0.571. The van der Waals surface area contributed by atoms with Gasteiger partial charge in [0.2, 0.25) is 0 Å². The summed E-state index contributed by atoms with van der Waals surface area (Å²) in [5.74, 6) is -3.72. The van der Waals surface area contributed by atoms with Crippen LogP contribution in [0.4, 0.5) is 18.9 Å². The molecule has 1 aromatic rings. The molecule has 0 saturated carbocycles. The molecule has 18 heavy (non-hydrogen) atoms. The molecule has 1 N–H and O–H groups in total.